The van der Waals surface area contributed by atoms with E-state index in [1.54, 1.807) is 0 Å². The van der Waals surface area contributed by atoms with Crippen LogP contribution in [0.2, 0.25) is 0 Å². The van der Waals surface area contributed by atoms with E-state index in [4.69, 9.17) is 9.84 Å². The van der Waals surface area contributed by atoms with Crippen molar-refractivity contribution in [1.29, 1.82) is 0 Å². The van der Waals surface area contributed by atoms with Crippen molar-refractivity contribution in [3.8, 4) is 0 Å². The number of carboxylic acid groups (broad SMARTS) is 1. The summed E-state index contributed by atoms with van der Waals surface area (Å²) in [5, 5.41) is 8.35. The fourth-order valence-electron chi connectivity index (χ4n) is 1.65. The minimum atomic E-state index is -1.14. The number of rotatable bonds is 10. The highest BCUT2D eigenvalue weighted by Crippen LogP contribution is 2.10. The fraction of sp³-hybridized carbons (Fsp3) is 0.714. The summed E-state index contributed by atoms with van der Waals surface area (Å²) >= 11 is 0. The molecule has 0 saturated heterocycles. The number of ether oxygens (including phenoxy) is 1. The molecule has 1 N–H and O–H groups in total. The lowest BCUT2D eigenvalue weighted by atomic mass is 10.1. The molecule has 0 aliphatic rings. The first-order valence-electron chi connectivity index (χ1n) is 6.68. The van der Waals surface area contributed by atoms with Crippen molar-refractivity contribution in [1.82, 2.24) is 0 Å². The lowest BCUT2D eigenvalue weighted by molar-refractivity contribution is -0.143. The molecule has 0 aromatic heterocycles. The molecule has 0 aliphatic heterocycles. The Morgan fingerprint density at radius 1 is 1.11 bits per heavy atom. The molecule has 0 bridgehead atoms. The van der Waals surface area contributed by atoms with Gasteiger partial charge in [0.05, 0.1) is 6.10 Å². The van der Waals surface area contributed by atoms with E-state index in [-0.39, 0.29) is 6.10 Å². The van der Waals surface area contributed by atoms with Gasteiger partial charge in [-0.15, -0.1) is 0 Å². The Kier molecular flexibility index (Phi) is 10.0. The van der Waals surface area contributed by atoms with E-state index in [1.165, 1.54) is 25.7 Å². The van der Waals surface area contributed by atoms with Crippen molar-refractivity contribution in [3.05, 3.63) is 12.2 Å². The molecule has 1 unspecified atom stereocenters. The molecule has 0 fully saturated rings. The molecule has 0 aliphatic carbocycles. The van der Waals surface area contributed by atoms with Gasteiger partial charge in [0.1, 0.15) is 0 Å². The molecule has 18 heavy (non-hydrogen) atoms. The van der Waals surface area contributed by atoms with Crippen LogP contribution in [0.15, 0.2) is 12.2 Å². The van der Waals surface area contributed by atoms with E-state index in [2.05, 4.69) is 6.92 Å². The maximum Gasteiger partial charge on any atom is 0.331 e. The monoisotopic (exact) mass is 256 g/mol. The van der Waals surface area contributed by atoms with Gasteiger partial charge >= 0.3 is 11.9 Å². The number of carbonyl (C=O) groups excluding carboxylic acids is 1. The van der Waals surface area contributed by atoms with Gasteiger partial charge < -0.3 is 9.84 Å². The lowest BCUT2D eigenvalue weighted by Crippen LogP contribution is -2.13. The second-order valence-electron chi connectivity index (χ2n) is 4.48. The van der Waals surface area contributed by atoms with E-state index in [9.17, 15) is 9.59 Å². The fourth-order valence-corrected chi connectivity index (χ4v) is 1.65. The van der Waals surface area contributed by atoms with Crippen LogP contribution >= 0.6 is 0 Å². The van der Waals surface area contributed by atoms with Gasteiger partial charge in [-0.2, -0.15) is 0 Å². The van der Waals surface area contributed by atoms with E-state index < -0.39 is 11.9 Å². The van der Waals surface area contributed by atoms with Crippen LogP contribution in [0.1, 0.15) is 58.8 Å². The lowest BCUT2D eigenvalue weighted by Gasteiger charge is -2.11. The normalized spacial score (nSPS) is 12.6. The van der Waals surface area contributed by atoms with Gasteiger partial charge in [0, 0.05) is 12.2 Å². The second-order valence-corrected chi connectivity index (χ2v) is 4.48. The largest absolute Gasteiger partial charge is 0.478 e. The molecule has 4 heteroatoms. The number of unbranched alkanes of at least 4 members (excludes halogenated alkanes) is 5. The number of esters is 1. The first-order chi connectivity index (χ1) is 8.56. The summed E-state index contributed by atoms with van der Waals surface area (Å²) in [6, 6.07) is 0. The van der Waals surface area contributed by atoms with Crippen molar-refractivity contribution in [2.24, 2.45) is 0 Å². The molecule has 4 nitrogen and oxygen atoms in total. The van der Waals surface area contributed by atoms with Crippen molar-refractivity contribution >= 4 is 11.9 Å². The standard InChI is InChI=1S/C14H24O4/c1-3-4-5-6-7-8-9-12(2)18-14(17)11-10-13(15)16/h10-12H,3-9H2,1-2H3,(H,15,16)/b11-10-. The Morgan fingerprint density at radius 2 is 1.72 bits per heavy atom. The Bertz CT molecular complexity index is 271. The number of hydrogen-bond acceptors (Lipinski definition) is 3. The average Bonchev–Trinajstić information content (AvgIpc) is 2.31. The maximum atomic E-state index is 11.2. The molecule has 0 saturated carbocycles. The molecule has 1 atom stereocenters. The highest BCUT2D eigenvalue weighted by atomic mass is 16.5. The maximum absolute atomic E-state index is 11.2. The van der Waals surface area contributed by atoms with Gasteiger partial charge in [-0.05, 0) is 19.8 Å². The topological polar surface area (TPSA) is 63.6 Å². The van der Waals surface area contributed by atoms with Crippen LogP contribution in [0.5, 0.6) is 0 Å². The van der Waals surface area contributed by atoms with Crippen LogP contribution in [0.4, 0.5) is 0 Å². The third-order valence-electron chi connectivity index (χ3n) is 2.64. The van der Waals surface area contributed by atoms with Crippen molar-refractivity contribution in [3.63, 3.8) is 0 Å². The molecule has 0 heterocycles. The average molecular weight is 256 g/mol. The zero-order chi connectivity index (χ0) is 13.8. The van der Waals surface area contributed by atoms with Gasteiger partial charge in [-0.25, -0.2) is 9.59 Å². The van der Waals surface area contributed by atoms with Crippen molar-refractivity contribution in [2.45, 2.75) is 64.9 Å². The Balaban J connectivity index is 3.55. The zero-order valence-corrected chi connectivity index (χ0v) is 11.4. The summed E-state index contributed by atoms with van der Waals surface area (Å²) in [5.41, 5.74) is 0. The summed E-state index contributed by atoms with van der Waals surface area (Å²) in [4.78, 5) is 21.4. The molecular formula is C14H24O4. The van der Waals surface area contributed by atoms with Gasteiger partial charge in [0.25, 0.3) is 0 Å². The Labute approximate surface area is 109 Å². The quantitative estimate of drug-likeness (QED) is 0.370. The molecule has 0 aromatic rings. The van der Waals surface area contributed by atoms with Crippen molar-refractivity contribution in [2.75, 3.05) is 0 Å². The Morgan fingerprint density at radius 3 is 2.33 bits per heavy atom. The minimum absolute atomic E-state index is 0.151. The van der Waals surface area contributed by atoms with Crippen LogP contribution in [0.25, 0.3) is 0 Å². The van der Waals surface area contributed by atoms with E-state index in [0.29, 0.717) is 0 Å². The summed E-state index contributed by atoms with van der Waals surface area (Å²) in [5.74, 6) is -1.73. The SMILES string of the molecule is CCCCCCCCC(C)OC(=O)/C=C\C(=O)O. The zero-order valence-electron chi connectivity index (χ0n) is 11.4. The molecule has 0 radical (unpaired) electrons. The second kappa shape index (κ2) is 10.8. The number of carbonyl (C=O) groups is 2. The Hall–Kier alpha value is -1.32. The van der Waals surface area contributed by atoms with Gasteiger partial charge in [0.2, 0.25) is 0 Å². The van der Waals surface area contributed by atoms with Gasteiger partial charge in [0.15, 0.2) is 0 Å². The van der Waals surface area contributed by atoms with Crippen LogP contribution < -0.4 is 0 Å². The van der Waals surface area contributed by atoms with Crippen LogP contribution in [-0.2, 0) is 14.3 Å². The summed E-state index contributed by atoms with van der Waals surface area (Å²) < 4.78 is 5.04. The highest BCUT2D eigenvalue weighted by Gasteiger charge is 2.06. The molecule has 0 spiro atoms. The van der Waals surface area contributed by atoms with Gasteiger partial charge in [-0.1, -0.05) is 39.0 Å². The van der Waals surface area contributed by atoms with Crippen LogP contribution in [0, 0.1) is 0 Å². The third-order valence-corrected chi connectivity index (χ3v) is 2.64. The molecule has 0 amide bonds. The molecule has 0 rings (SSSR count). The van der Waals surface area contributed by atoms with Crippen molar-refractivity contribution < 1.29 is 19.4 Å². The summed E-state index contributed by atoms with van der Waals surface area (Å²) in [7, 11) is 0. The summed E-state index contributed by atoms with van der Waals surface area (Å²) in [6.45, 7) is 4.02. The molecule has 104 valence electrons. The predicted molar refractivity (Wildman–Crippen MR) is 70.3 cm³/mol. The van der Waals surface area contributed by atoms with E-state index in [1.807, 2.05) is 6.92 Å². The predicted octanol–water partition coefficient (Wildman–Crippen LogP) is 3.31. The van der Waals surface area contributed by atoms with E-state index >= 15 is 0 Å². The molecule has 0 aromatic carbocycles. The summed E-state index contributed by atoms with van der Waals surface area (Å²) in [6.07, 6.45) is 9.64. The number of hydrogen-bond donors (Lipinski definition) is 1. The number of carboxylic acids is 1. The minimum Gasteiger partial charge on any atom is -0.478 e. The van der Waals surface area contributed by atoms with Crippen LogP contribution in [0.3, 0.4) is 0 Å². The van der Waals surface area contributed by atoms with Crippen LogP contribution in [-0.4, -0.2) is 23.1 Å². The number of aliphatic carboxylic acids is 1. The first kappa shape index (κ1) is 16.7. The highest BCUT2D eigenvalue weighted by molar-refractivity contribution is 5.90. The van der Waals surface area contributed by atoms with Gasteiger partial charge in [-0.3, -0.25) is 0 Å². The smallest absolute Gasteiger partial charge is 0.331 e. The molecular weight excluding hydrogens is 232 g/mol. The van der Waals surface area contributed by atoms with E-state index in [0.717, 1.165) is 31.4 Å². The first-order valence-corrected chi connectivity index (χ1v) is 6.68. The third kappa shape index (κ3) is 11.2.